The number of hydrogen-bond donors (Lipinski definition) is 2. The highest BCUT2D eigenvalue weighted by Crippen LogP contribution is 2.27. The number of thioether (sulfide) groups is 1. The molecule has 0 saturated heterocycles. The molecule has 1 aromatic rings. The van der Waals surface area contributed by atoms with E-state index in [1.54, 1.807) is 0 Å². The van der Waals surface area contributed by atoms with Gasteiger partial charge < -0.3 is 10.1 Å². The molecule has 1 aliphatic rings. The Balaban J connectivity index is 1.80. The topological polar surface area (TPSA) is 97.0 Å². The quantitative estimate of drug-likeness (QED) is 0.513. The molecule has 25 heavy (non-hydrogen) atoms. The van der Waals surface area contributed by atoms with Gasteiger partial charge in [-0.05, 0) is 11.8 Å². The highest BCUT2D eigenvalue weighted by Gasteiger charge is 2.26. The smallest absolute Gasteiger partial charge is 0.328 e. The van der Waals surface area contributed by atoms with Gasteiger partial charge in [-0.25, -0.2) is 9.78 Å². The highest BCUT2D eigenvalue weighted by atomic mass is 32.2. The number of ether oxygens (including phenoxy) is 1. The maximum absolute atomic E-state index is 12.1. The van der Waals surface area contributed by atoms with Gasteiger partial charge >= 0.3 is 5.97 Å². The predicted octanol–water partition coefficient (Wildman–Crippen LogP) is 2.33. The zero-order valence-electron chi connectivity index (χ0n) is 15.2. The maximum atomic E-state index is 12.1. The summed E-state index contributed by atoms with van der Waals surface area (Å²) >= 11 is 1.27. The number of esters is 1. The van der Waals surface area contributed by atoms with Gasteiger partial charge in [0, 0.05) is 6.42 Å². The second kappa shape index (κ2) is 9.79. The molecule has 7 nitrogen and oxygen atoms in total. The first-order valence-electron chi connectivity index (χ1n) is 8.94. The van der Waals surface area contributed by atoms with E-state index in [1.807, 2.05) is 13.8 Å². The van der Waals surface area contributed by atoms with Crippen LogP contribution in [0.1, 0.15) is 51.8 Å². The molecule has 1 aromatic heterocycles. The Hall–Kier alpha value is -1.57. The van der Waals surface area contributed by atoms with Gasteiger partial charge in [-0.15, -0.1) is 5.10 Å². The lowest BCUT2D eigenvalue weighted by atomic mass is 9.99. The Morgan fingerprint density at radius 2 is 2.12 bits per heavy atom. The molecule has 0 aliphatic heterocycles. The van der Waals surface area contributed by atoms with Gasteiger partial charge in [-0.1, -0.05) is 57.7 Å². The fourth-order valence-electron chi connectivity index (χ4n) is 3.06. The Morgan fingerprint density at radius 3 is 2.76 bits per heavy atom. The van der Waals surface area contributed by atoms with Crippen molar-refractivity contribution in [2.45, 2.75) is 63.6 Å². The number of H-pyrrole nitrogens is 1. The van der Waals surface area contributed by atoms with Crippen LogP contribution >= 0.6 is 11.8 Å². The first-order valence-corrected chi connectivity index (χ1v) is 9.93. The molecule has 2 atom stereocenters. The Morgan fingerprint density at radius 1 is 1.40 bits per heavy atom. The van der Waals surface area contributed by atoms with Crippen LogP contribution in [0.25, 0.3) is 0 Å². The highest BCUT2D eigenvalue weighted by molar-refractivity contribution is 7.99. The maximum Gasteiger partial charge on any atom is 0.328 e. The number of carbonyl (C=O) groups excluding carboxylic acids is 2. The van der Waals surface area contributed by atoms with E-state index in [4.69, 9.17) is 4.74 Å². The molecule has 1 aliphatic carbocycles. The van der Waals surface area contributed by atoms with Crippen LogP contribution < -0.4 is 5.32 Å². The molecule has 0 aromatic carbocycles. The minimum Gasteiger partial charge on any atom is -0.467 e. The average Bonchev–Trinajstić information content (AvgIpc) is 3.29. The molecule has 2 N–H and O–H groups in total. The molecule has 8 heteroatoms. The van der Waals surface area contributed by atoms with Crippen molar-refractivity contribution in [3.8, 4) is 0 Å². The van der Waals surface area contributed by atoms with Gasteiger partial charge in [0.05, 0.1) is 12.9 Å². The van der Waals surface area contributed by atoms with Gasteiger partial charge in [0.1, 0.15) is 11.9 Å². The minimum atomic E-state index is -0.617. The van der Waals surface area contributed by atoms with Crippen molar-refractivity contribution in [2.24, 2.45) is 11.8 Å². The van der Waals surface area contributed by atoms with Crippen molar-refractivity contribution in [1.29, 1.82) is 0 Å². The third kappa shape index (κ3) is 6.02. The van der Waals surface area contributed by atoms with Crippen LogP contribution in [0.5, 0.6) is 0 Å². The number of aromatic nitrogens is 3. The van der Waals surface area contributed by atoms with E-state index in [0.29, 0.717) is 11.1 Å². The molecule has 2 rings (SSSR count). The molecule has 0 radical (unpaired) electrons. The summed E-state index contributed by atoms with van der Waals surface area (Å²) in [4.78, 5) is 28.4. The van der Waals surface area contributed by atoms with E-state index in [1.165, 1.54) is 44.6 Å². The van der Waals surface area contributed by atoms with Crippen LogP contribution in [0.3, 0.4) is 0 Å². The predicted molar refractivity (Wildman–Crippen MR) is 96.2 cm³/mol. The van der Waals surface area contributed by atoms with Gasteiger partial charge in [0.2, 0.25) is 11.1 Å². The Bertz CT molecular complexity index is 572. The summed E-state index contributed by atoms with van der Waals surface area (Å²) in [5.41, 5.74) is 0. The van der Waals surface area contributed by atoms with Gasteiger partial charge in [-0.2, -0.15) is 0 Å². The standard InChI is InChI=1S/C17H28N4O3S/c1-4-11(2)15(16(23)24-3)19-14(22)10-25-17-18-13(20-21-17)9-12-7-5-6-8-12/h11-12,15H,4-10H2,1-3H3,(H,19,22)(H,18,20,21). The van der Waals surface area contributed by atoms with Crippen LogP contribution in [0.15, 0.2) is 5.16 Å². The molecule has 140 valence electrons. The van der Waals surface area contributed by atoms with E-state index in [2.05, 4.69) is 20.5 Å². The Kier molecular flexibility index (Phi) is 7.74. The SMILES string of the molecule is CCC(C)C(NC(=O)CSc1n[nH]c(CC2CCCC2)n1)C(=O)OC. The third-order valence-electron chi connectivity index (χ3n) is 4.78. The Labute approximate surface area is 153 Å². The zero-order valence-corrected chi connectivity index (χ0v) is 16.0. The molecule has 0 spiro atoms. The van der Waals surface area contributed by atoms with Crippen molar-refractivity contribution in [1.82, 2.24) is 20.5 Å². The summed E-state index contributed by atoms with van der Waals surface area (Å²) in [5.74, 6) is 1.15. The average molecular weight is 369 g/mol. The van der Waals surface area contributed by atoms with Crippen LogP contribution in [0.2, 0.25) is 0 Å². The lowest BCUT2D eigenvalue weighted by Crippen LogP contribution is -2.46. The number of methoxy groups -OCH3 is 1. The molecule has 1 amide bonds. The van der Waals surface area contributed by atoms with E-state index >= 15 is 0 Å². The number of nitrogens with zero attached hydrogens (tertiary/aromatic N) is 2. The number of aromatic amines is 1. The van der Waals surface area contributed by atoms with Crippen molar-refractivity contribution in [3.05, 3.63) is 5.82 Å². The summed E-state index contributed by atoms with van der Waals surface area (Å²) in [7, 11) is 1.33. The summed E-state index contributed by atoms with van der Waals surface area (Å²) in [6.07, 6.45) is 6.83. The number of rotatable bonds is 9. The normalized spacial score (nSPS) is 17.2. The molecule has 1 saturated carbocycles. The fraction of sp³-hybridized carbons (Fsp3) is 0.765. The first-order chi connectivity index (χ1) is 12.0. The summed E-state index contributed by atoms with van der Waals surface area (Å²) in [6, 6.07) is -0.617. The van der Waals surface area contributed by atoms with E-state index < -0.39 is 12.0 Å². The van der Waals surface area contributed by atoms with E-state index in [-0.39, 0.29) is 17.6 Å². The van der Waals surface area contributed by atoms with Gasteiger partial charge in [0.25, 0.3) is 0 Å². The van der Waals surface area contributed by atoms with E-state index in [0.717, 1.165) is 18.7 Å². The summed E-state index contributed by atoms with van der Waals surface area (Å²) in [5, 5.41) is 10.5. The number of amides is 1. The lowest BCUT2D eigenvalue weighted by Gasteiger charge is -2.21. The van der Waals surface area contributed by atoms with E-state index in [9.17, 15) is 9.59 Å². The second-order valence-corrected chi connectivity index (χ2v) is 7.60. The molecule has 0 bridgehead atoms. The molecular formula is C17H28N4O3S. The summed E-state index contributed by atoms with van der Waals surface area (Å²) < 4.78 is 4.78. The number of carbonyl (C=O) groups is 2. The van der Waals surface area contributed by atoms with Crippen molar-refractivity contribution >= 4 is 23.6 Å². The van der Waals surface area contributed by atoms with Crippen LogP contribution in [-0.4, -0.2) is 46.0 Å². The first kappa shape index (κ1) is 19.8. The summed E-state index contributed by atoms with van der Waals surface area (Å²) in [6.45, 7) is 3.89. The van der Waals surface area contributed by atoms with Crippen molar-refractivity contribution < 1.29 is 14.3 Å². The largest absolute Gasteiger partial charge is 0.467 e. The second-order valence-electron chi connectivity index (χ2n) is 6.66. The van der Waals surface area contributed by atoms with Crippen LogP contribution in [0.4, 0.5) is 0 Å². The molecule has 1 heterocycles. The van der Waals surface area contributed by atoms with Gasteiger partial charge in [0.15, 0.2) is 0 Å². The fourth-order valence-corrected chi connectivity index (χ4v) is 3.69. The van der Waals surface area contributed by atoms with Crippen LogP contribution in [0, 0.1) is 11.8 Å². The third-order valence-corrected chi connectivity index (χ3v) is 5.63. The minimum absolute atomic E-state index is 0.0166. The van der Waals surface area contributed by atoms with Crippen molar-refractivity contribution in [3.63, 3.8) is 0 Å². The van der Waals surface area contributed by atoms with Crippen LogP contribution in [-0.2, 0) is 20.7 Å². The number of hydrogen-bond acceptors (Lipinski definition) is 6. The molecular weight excluding hydrogens is 340 g/mol. The number of nitrogens with one attached hydrogen (secondary N) is 2. The lowest BCUT2D eigenvalue weighted by molar-refractivity contribution is -0.146. The molecule has 2 unspecified atom stereocenters. The zero-order chi connectivity index (χ0) is 18.2. The van der Waals surface area contributed by atoms with Crippen molar-refractivity contribution in [2.75, 3.05) is 12.9 Å². The van der Waals surface area contributed by atoms with Gasteiger partial charge in [-0.3, -0.25) is 9.89 Å². The molecule has 1 fully saturated rings. The monoisotopic (exact) mass is 368 g/mol.